The number of fused-ring (bicyclic) bond motifs is 1. The molecule has 1 saturated carbocycles. The van der Waals surface area contributed by atoms with E-state index < -0.39 is 0 Å². The zero-order valence-corrected chi connectivity index (χ0v) is 11.5. The van der Waals surface area contributed by atoms with Crippen molar-refractivity contribution in [2.45, 2.75) is 38.8 Å². The van der Waals surface area contributed by atoms with Gasteiger partial charge in [0.2, 0.25) is 0 Å². The zero-order chi connectivity index (χ0) is 13.2. The molecule has 0 radical (unpaired) electrons. The van der Waals surface area contributed by atoms with Gasteiger partial charge in [0.05, 0.1) is 5.52 Å². The minimum atomic E-state index is 0.570. The van der Waals surface area contributed by atoms with Crippen molar-refractivity contribution in [2.24, 2.45) is 5.73 Å². The summed E-state index contributed by atoms with van der Waals surface area (Å²) < 4.78 is 0. The molecule has 1 fully saturated rings. The van der Waals surface area contributed by atoms with E-state index in [9.17, 15) is 0 Å². The Kier molecular flexibility index (Phi) is 3.38. The molecule has 0 bridgehead atoms. The van der Waals surface area contributed by atoms with E-state index in [0.29, 0.717) is 12.6 Å². The number of aromatic nitrogens is 1. The van der Waals surface area contributed by atoms with Gasteiger partial charge < -0.3 is 10.6 Å². The maximum absolute atomic E-state index is 5.90. The van der Waals surface area contributed by atoms with Crippen molar-refractivity contribution in [3.05, 3.63) is 35.9 Å². The Morgan fingerprint density at radius 2 is 2.11 bits per heavy atom. The van der Waals surface area contributed by atoms with Crippen molar-refractivity contribution in [1.82, 2.24) is 4.98 Å². The largest absolute Gasteiger partial charge is 0.354 e. The van der Waals surface area contributed by atoms with Crippen LogP contribution in [-0.4, -0.2) is 17.6 Å². The van der Waals surface area contributed by atoms with Gasteiger partial charge in [-0.25, -0.2) is 4.98 Å². The Balaban J connectivity index is 2.07. The molecule has 3 heteroatoms. The molecule has 0 saturated heterocycles. The molecule has 3 nitrogen and oxygen atoms in total. The molecule has 2 aromatic rings. The van der Waals surface area contributed by atoms with Crippen LogP contribution < -0.4 is 10.6 Å². The minimum absolute atomic E-state index is 0.570. The van der Waals surface area contributed by atoms with E-state index in [4.69, 9.17) is 10.7 Å². The third-order valence-electron chi connectivity index (χ3n) is 3.75. The van der Waals surface area contributed by atoms with E-state index in [2.05, 4.69) is 30.0 Å². The van der Waals surface area contributed by atoms with Gasteiger partial charge in [-0.3, -0.25) is 0 Å². The second-order valence-corrected chi connectivity index (χ2v) is 5.29. The van der Waals surface area contributed by atoms with Gasteiger partial charge in [0.1, 0.15) is 5.82 Å². The molecular weight excluding hydrogens is 234 g/mol. The van der Waals surface area contributed by atoms with Gasteiger partial charge in [-0.2, -0.15) is 0 Å². The summed E-state index contributed by atoms with van der Waals surface area (Å²) >= 11 is 0. The van der Waals surface area contributed by atoms with Crippen molar-refractivity contribution >= 4 is 16.7 Å². The van der Waals surface area contributed by atoms with Crippen molar-refractivity contribution in [2.75, 3.05) is 11.4 Å². The maximum atomic E-state index is 5.90. The molecule has 19 heavy (non-hydrogen) atoms. The molecule has 0 aliphatic heterocycles. The number of rotatable bonds is 5. The van der Waals surface area contributed by atoms with Gasteiger partial charge in [0, 0.05) is 24.5 Å². The van der Waals surface area contributed by atoms with E-state index >= 15 is 0 Å². The first-order chi connectivity index (χ1) is 9.33. The Labute approximate surface area is 114 Å². The fraction of sp³-hybridized carbons (Fsp3) is 0.438. The molecule has 0 atom stereocenters. The van der Waals surface area contributed by atoms with Crippen LogP contribution in [0.5, 0.6) is 0 Å². The molecule has 1 aromatic heterocycles. The second-order valence-electron chi connectivity index (χ2n) is 5.29. The molecule has 2 N–H and O–H groups in total. The summed E-state index contributed by atoms with van der Waals surface area (Å²) in [4.78, 5) is 7.28. The highest BCUT2D eigenvalue weighted by atomic mass is 15.2. The number of hydrogen-bond donors (Lipinski definition) is 1. The topological polar surface area (TPSA) is 42.1 Å². The van der Waals surface area contributed by atoms with E-state index in [-0.39, 0.29) is 0 Å². The summed E-state index contributed by atoms with van der Waals surface area (Å²) in [5, 5.41) is 1.18. The van der Waals surface area contributed by atoms with Gasteiger partial charge in [-0.1, -0.05) is 25.1 Å². The number of benzene rings is 1. The number of anilines is 1. The first-order valence-electron chi connectivity index (χ1n) is 7.19. The Bertz CT molecular complexity index is 575. The lowest BCUT2D eigenvalue weighted by Gasteiger charge is -2.24. The van der Waals surface area contributed by atoms with Gasteiger partial charge >= 0.3 is 0 Å². The summed E-state index contributed by atoms with van der Waals surface area (Å²) in [6.07, 6.45) is 3.75. The SMILES string of the molecule is CCCN(c1cc(CN)c2ccccc2n1)C1CC1. The van der Waals surface area contributed by atoms with Crippen LogP contribution in [0.15, 0.2) is 30.3 Å². The van der Waals surface area contributed by atoms with Gasteiger partial charge in [0.25, 0.3) is 0 Å². The number of nitrogens with zero attached hydrogens (tertiary/aromatic N) is 2. The van der Waals surface area contributed by atoms with Crippen LogP contribution in [0.3, 0.4) is 0 Å². The van der Waals surface area contributed by atoms with Crippen LogP contribution in [0.1, 0.15) is 31.7 Å². The van der Waals surface area contributed by atoms with Crippen LogP contribution >= 0.6 is 0 Å². The monoisotopic (exact) mass is 255 g/mol. The first kappa shape index (κ1) is 12.4. The second kappa shape index (κ2) is 5.17. The number of nitrogens with two attached hydrogens (primary N) is 1. The summed E-state index contributed by atoms with van der Waals surface area (Å²) in [6.45, 7) is 3.88. The lowest BCUT2D eigenvalue weighted by molar-refractivity contribution is 0.751. The van der Waals surface area contributed by atoms with E-state index in [1.165, 1.54) is 23.8 Å². The third kappa shape index (κ3) is 2.43. The highest BCUT2D eigenvalue weighted by molar-refractivity contribution is 5.84. The molecule has 1 aromatic carbocycles. The fourth-order valence-electron chi connectivity index (χ4n) is 2.66. The van der Waals surface area contributed by atoms with Crippen LogP contribution in [0, 0.1) is 0 Å². The first-order valence-corrected chi connectivity index (χ1v) is 7.19. The quantitative estimate of drug-likeness (QED) is 0.892. The van der Waals surface area contributed by atoms with E-state index in [1.54, 1.807) is 0 Å². The van der Waals surface area contributed by atoms with Crippen molar-refractivity contribution < 1.29 is 0 Å². The zero-order valence-electron chi connectivity index (χ0n) is 11.5. The van der Waals surface area contributed by atoms with Crippen LogP contribution in [0.2, 0.25) is 0 Å². The molecular formula is C16H21N3. The Morgan fingerprint density at radius 1 is 1.32 bits per heavy atom. The van der Waals surface area contributed by atoms with Crippen molar-refractivity contribution in [3.63, 3.8) is 0 Å². The molecule has 3 rings (SSSR count). The summed E-state index contributed by atoms with van der Waals surface area (Å²) in [6, 6.07) is 11.1. The predicted octanol–water partition coefficient (Wildman–Crippen LogP) is 3.07. The molecule has 0 spiro atoms. The third-order valence-corrected chi connectivity index (χ3v) is 3.75. The Morgan fingerprint density at radius 3 is 2.79 bits per heavy atom. The average molecular weight is 255 g/mol. The number of para-hydroxylation sites is 1. The standard InChI is InChI=1S/C16H21N3/c1-2-9-19(13-7-8-13)16-10-12(11-17)14-5-3-4-6-15(14)18-16/h3-6,10,13H,2,7-9,11,17H2,1H3. The normalized spacial score (nSPS) is 14.8. The van der Waals surface area contributed by atoms with Gasteiger partial charge in [-0.05, 0) is 37.0 Å². The lowest BCUT2D eigenvalue weighted by Crippen LogP contribution is -2.27. The molecule has 1 aliphatic carbocycles. The minimum Gasteiger partial charge on any atom is -0.354 e. The molecule has 1 aliphatic rings. The molecule has 0 amide bonds. The van der Waals surface area contributed by atoms with Gasteiger partial charge in [0.15, 0.2) is 0 Å². The number of hydrogen-bond acceptors (Lipinski definition) is 3. The van der Waals surface area contributed by atoms with E-state index in [0.717, 1.165) is 24.3 Å². The smallest absolute Gasteiger partial charge is 0.129 e. The molecule has 0 unspecified atom stereocenters. The van der Waals surface area contributed by atoms with E-state index in [1.807, 2.05) is 12.1 Å². The fourth-order valence-corrected chi connectivity index (χ4v) is 2.66. The van der Waals surface area contributed by atoms with Crippen molar-refractivity contribution in [3.8, 4) is 0 Å². The summed E-state index contributed by atoms with van der Waals surface area (Å²) in [5.41, 5.74) is 8.16. The lowest BCUT2D eigenvalue weighted by atomic mass is 10.1. The predicted molar refractivity (Wildman–Crippen MR) is 80.3 cm³/mol. The van der Waals surface area contributed by atoms with Crippen molar-refractivity contribution in [1.29, 1.82) is 0 Å². The summed E-state index contributed by atoms with van der Waals surface area (Å²) in [7, 11) is 0. The van der Waals surface area contributed by atoms with Crippen LogP contribution in [0.4, 0.5) is 5.82 Å². The highest BCUT2D eigenvalue weighted by Gasteiger charge is 2.29. The molecule has 100 valence electrons. The summed E-state index contributed by atoms with van der Waals surface area (Å²) in [5.74, 6) is 1.10. The molecule has 1 heterocycles. The maximum Gasteiger partial charge on any atom is 0.129 e. The van der Waals surface area contributed by atoms with Crippen LogP contribution in [-0.2, 0) is 6.54 Å². The van der Waals surface area contributed by atoms with Gasteiger partial charge in [-0.15, -0.1) is 0 Å². The Hall–Kier alpha value is -1.61. The van der Waals surface area contributed by atoms with Crippen LogP contribution in [0.25, 0.3) is 10.9 Å². The number of pyridine rings is 1. The average Bonchev–Trinajstić information content (AvgIpc) is 3.28. The highest BCUT2D eigenvalue weighted by Crippen LogP contribution is 2.32.